The summed E-state index contributed by atoms with van der Waals surface area (Å²) in [6, 6.07) is 6.85. The Balaban J connectivity index is 2.27. The van der Waals surface area contributed by atoms with Crippen LogP contribution in [0.4, 0.5) is 5.69 Å². The third-order valence-electron chi connectivity index (χ3n) is 3.81. The van der Waals surface area contributed by atoms with Crippen molar-refractivity contribution in [2.24, 2.45) is 0 Å². The van der Waals surface area contributed by atoms with E-state index in [-0.39, 0.29) is 5.91 Å². The summed E-state index contributed by atoms with van der Waals surface area (Å²) in [5.74, 6) is 0.432. The molecule has 1 unspecified atom stereocenters. The Morgan fingerprint density at radius 1 is 1.24 bits per heavy atom. The first-order valence-corrected chi connectivity index (χ1v) is 7.04. The van der Waals surface area contributed by atoms with Crippen LogP contribution in [0.2, 0.25) is 10.2 Å². The molecule has 1 N–H and O–H groups in total. The van der Waals surface area contributed by atoms with Gasteiger partial charge in [0.25, 0.3) is 0 Å². The predicted octanol–water partition coefficient (Wildman–Crippen LogP) is 3.66. The van der Waals surface area contributed by atoms with Gasteiger partial charge >= 0.3 is 0 Å². The fourth-order valence-corrected chi connectivity index (χ4v) is 2.97. The third kappa shape index (κ3) is 2.06. The number of pyridine rings is 1. The molecular weight excluding hydrogens is 311 g/mol. The van der Waals surface area contributed by atoms with E-state index >= 15 is 0 Å². The van der Waals surface area contributed by atoms with Crippen LogP contribution in [-0.2, 0) is 10.2 Å². The Labute approximate surface area is 132 Å². The molecule has 4 nitrogen and oxygen atoms in total. The van der Waals surface area contributed by atoms with Crippen molar-refractivity contribution in [2.75, 3.05) is 12.4 Å². The topological polar surface area (TPSA) is 51.2 Å². The van der Waals surface area contributed by atoms with Gasteiger partial charge in [-0.15, -0.1) is 0 Å². The van der Waals surface area contributed by atoms with Gasteiger partial charge < -0.3 is 10.1 Å². The fourth-order valence-electron chi connectivity index (χ4n) is 2.64. The molecule has 1 aliphatic rings. The number of amides is 1. The zero-order chi connectivity index (χ0) is 15.2. The quantitative estimate of drug-likeness (QED) is 0.858. The van der Waals surface area contributed by atoms with E-state index in [2.05, 4.69) is 10.3 Å². The lowest BCUT2D eigenvalue weighted by molar-refractivity contribution is -0.119. The lowest BCUT2D eigenvalue weighted by Crippen LogP contribution is -2.32. The smallest absolute Gasteiger partial charge is 0.239 e. The summed E-state index contributed by atoms with van der Waals surface area (Å²) >= 11 is 12.0. The maximum atomic E-state index is 12.6. The van der Waals surface area contributed by atoms with Crippen LogP contribution < -0.4 is 10.1 Å². The number of anilines is 1. The van der Waals surface area contributed by atoms with Gasteiger partial charge in [0.2, 0.25) is 5.91 Å². The molecular formula is C15H12Cl2N2O2. The van der Waals surface area contributed by atoms with E-state index in [1.165, 1.54) is 0 Å². The van der Waals surface area contributed by atoms with Crippen molar-refractivity contribution in [3.8, 4) is 5.75 Å². The minimum Gasteiger partial charge on any atom is -0.496 e. The van der Waals surface area contributed by atoms with E-state index in [0.717, 1.165) is 5.56 Å². The molecule has 2 heterocycles. The van der Waals surface area contributed by atoms with Gasteiger partial charge in [-0.05, 0) is 31.2 Å². The Kier molecular flexibility index (Phi) is 3.30. The van der Waals surface area contributed by atoms with Crippen LogP contribution in [0, 0.1) is 0 Å². The molecule has 1 aliphatic heterocycles. The van der Waals surface area contributed by atoms with Crippen LogP contribution >= 0.6 is 23.2 Å². The molecule has 0 saturated heterocycles. The standard InChI is InChI=1S/C15H12Cl2N2O2/c1-15(9-5-8(16)3-4-12(9)21-2)10-7-18-13(17)6-11(10)19-14(15)20/h3-7H,1-2H3,(H,19,20). The van der Waals surface area contributed by atoms with Crippen molar-refractivity contribution in [3.05, 3.63) is 51.8 Å². The Morgan fingerprint density at radius 2 is 2.00 bits per heavy atom. The number of hydrogen-bond donors (Lipinski definition) is 1. The third-order valence-corrected chi connectivity index (χ3v) is 4.25. The summed E-state index contributed by atoms with van der Waals surface area (Å²) in [6.07, 6.45) is 1.61. The van der Waals surface area contributed by atoms with Crippen molar-refractivity contribution in [1.29, 1.82) is 0 Å². The Morgan fingerprint density at radius 3 is 2.71 bits per heavy atom. The largest absolute Gasteiger partial charge is 0.496 e. The van der Waals surface area contributed by atoms with Gasteiger partial charge in [-0.2, -0.15) is 0 Å². The lowest BCUT2D eigenvalue weighted by atomic mass is 9.77. The number of rotatable bonds is 2. The van der Waals surface area contributed by atoms with Crippen molar-refractivity contribution in [1.82, 2.24) is 4.98 Å². The predicted molar refractivity (Wildman–Crippen MR) is 82.3 cm³/mol. The second-order valence-electron chi connectivity index (χ2n) is 4.98. The van der Waals surface area contributed by atoms with Gasteiger partial charge in [-0.25, -0.2) is 4.98 Å². The Bertz CT molecular complexity index is 748. The molecule has 0 radical (unpaired) electrons. The van der Waals surface area contributed by atoms with Gasteiger partial charge in [0.1, 0.15) is 16.3 Å². The van der Waals surface area contributed by atoms with E-state index < -0.39 is 5.41 Å². The molecule has 2 aromatic rings. The molecule has 1 amide bonds. The summed E-state index contributed by atoms with van der Waals surface area (Å²) in [7, 11) is 1.56. The molecule has 1 aromatic carbocycles. The SMILES string of the molecule is COc1ccc(Cl)cc1C1(C)C(=O)Nc2cc(Cl)ncc21. The van der Waals surface area contributed by atoms with Crippen LogP contribution in [0.15, 0.2) is 30.5 Å². The number of hydrogen-bond acceptors (Lipinski definition) is 3. The number of aromatic nitrogens is 1. The number of benzene rings is 1. The zero-order valence-electron chi connectivity index (χ0n) is 11.4. The van der Waals surface area contributed by atoms with Crippen LogP contribution in [0.1, 0.15) is 18.1 Å². The average Bonchev–Trinajstić information content (AvgIpc) is 2.70. The highest BCUT2D eigenvalue weighted by Crippen LogP contribution is 2.46. The molecule has 0 saturated carbocycles. The maximum absolute atomic E-state index is 12.6. The second-order valence-corrected chi connectivity index (χ2v) is 5.80. The molecule has 21 heavy (non-hydrogen) atoms. The van der Waals surface area contributed by atoms with Crippen molar-refractivity contribution in [3.63, 3.8) is 0 Å². The number of halogens is 2. The van der Waals surface area contributed by atoms with E-state index in [1.807, 2.05) is 6.92 Å². The summed E-state index contributed by atoms with van der Waals surface area (Å²) < 4.78 is 5.38. The molecule has 0 bridgehead atoms. The normalized spacial score (nSPS) is 20.1. The van der Waals surface area contributed by atoms with E-state index in [0.29, 0.717) is 27.2 Å². The average molecular weight is 323 g/mol. The summed E-state index contributed by atoms with van der Waals surface area (Å²) in [5.41, 5.74) is 1.17. The molecule has 108 valence electrons. The maximum Gasteiger partial charge on any atom is 0.239 e. The minimum atomic E-state index is -0.927. The van der Waals surface area contributed by atoms with Crippen LogP contribution in [0.3, 0.4) is 0 Å². The van der Waals surface area contributed by atoms with Crippen molar-refractivity contribution in [2.45, 2.75) is 12.3 Å². The Hall–Kier alpha value is -1.78. The van der Waals surface area contributed by atoms with Gasteiger partial charge in [-0.3, -0.25) is 4.79 Å². The first-order chi connectivity index (χ1) is 9.96. The fraction of sp³-hybridized carbons (Fsp3) is 0.200. The van der Waals surface area contributed by atoms with Crippen LogP contribution in [-0.4, -0.2) is 18.0 Å². The minimum absolute atomic E-state index is 0.165. The number of methoxy groups -OCH3 is 1. The summed E-state index contributed by atoms with van der Waals surface area (Å²) in [4.78, 5) is 16.6. The monoisotopic (exact) mass is 322 g/mol. The first-order valence-electron chi connectivity index (χ1n) is 6.28. The zero-order valence-corrected chi connectivity index (χ0v) is 12.9. The number of nitrogens with one attached hydrogen (secondary N) is 1. The number of ether oxygens (including phenoxy) is 1. The van der Waals surface area contributed by atoms with Crippen LogP contribution in [0.5, 0.6) is 5.75 Å². The summed E-state index contributed by atoms with van der Waals surface area (Å²) in [6.45, 7) is 1.82. The van der Waals surface area contributed by atoms with Crippen LogP contribution in [0.25, 0.3) is 0 Å². The molecule has 3 rings (SSSR count). The van der Waals surface area contributed by atoms with Crippen molar-refractivity contribution < 1.29 is 9.53 Å². The van der Waals surface area contributed by atoms with E-state index in [9.17, 15) is 4.79 Å². The van der Waals surface area contributed by atoms with Crippen molar-refractivity contribution >= 4 is 34.8 Å². The molecule has 6 heteroatoms. The highest BCUT2D eigenvalue weighted by atomic mass is 35.5. The number of carbonyl (C=O) groups is 1. The van der Waals surface area contributed by atoms with E-state index in [4.69, 9.17) is 27.9 Å². The highest BCUT2D eigenvalue weighted by Gasteiger charge is 2.46. The number of carbonyl (C=O) groups excluding carboxylic acids is 1. The van der Waals surface area contributed by atoms with E-state index in [1.54, 1.807) is 37.6 Å². The summed E-state index contributed by atoms with van der Waals surface area (Å²) in [5, 5.41) is 3.70. The molecule has 1 aromatic heterocycles. The number of fused-ring (bicyclic) bond motifs is 1. The highest BCUT2D eigenvalue weighted by molar-refractivity contribution is 6.31. The first kappa shape index (κ1) is 14.2. The van der Waals surface area contributed by atoms with Gasteiger partial charge in [-0.1, -0.05) is 23.2 Å². The molecule has 0 fully saturated rings. The van der Waals surface area contributed by atoms with Gasteiger partial charge in [0.05, 0.1) is 7.11 Å². The molecule has 0 aliphatic carbocycles. The molecule has 1 atom stereocenters. The number of nitrogens with zero attached hydrogens (tertiary/aromatic N) is 1. The van der Waals surface area contributed by atoms with Gasteiger partial charge in [0, 0.05) is 28.0 Å². The van der Waals surface area contributed by atoms with Gasteiger partial charge in [0.15, 0.2) is 0 Å². The molecule has 0 spiro atoms. The second kappa shape index (κ2) is 4.90. The lowest BCUT2D eigenvalue weighted by Gasteiger charge is -2.25.